The third kappa shape index (κ3) is 7.65. The first-order valence-electron chi connectivity index (χ1n) is 9.49. The maximum absolute atomic E-state index is 13.5. The van der Waals surface area contributed by atoms with Gasteiger partial charge in [0.2, 0.25) is 0 Å². The lowest BCUT2D eigenvalue weighted by Gasteiger charge is -2.35. The van der Waals surface area contributed by atoms with E-state index in [1.54, 1.807) is 13.2 Å². The quantitative estimate of drug-likeness (QED) is 0.773. The molecule has 6 heteroatoms. The summed E-state index contributed by atoms with van der Waals surface area (Å²) in [6, 6.07) is 3.89. The molecule has 1 fully saturated rings. The van der Waals surface area contributed by atoms with Crippen LogP contribution in [0.5, 0.6) is 0 Å². The number of aromatic nitrogens is 1. The lowest BCUT2D eigenvalue weighted by atomic mass is 10.1. The number of alkyl halides is 2. The van der Waals surface area contributed by atoms with Crippen LogP contribution in [-0.2, 0) is 6.42 Å². The molecule has 0 amide bonds. The van der Waals surface area contributed by atoms with Crippen molar-refractivity contribution in [3.05, 3.63) is 23.9 Å². The van der Waals surface area contributed by atoms with Crippen molar-refractivity contribution in [2.45, 2.75) is 46.0 Å². The van der Waals surface area contributed by atoms with Crippen LogP contribution in [0.15, 0.2) is 18.3 Å². The van der Waals surface area contributed by atoms with E-state index in [2.05, 4.69) is 27.0 Å². The number of nitrogens with one attached hydrogen (secondary N) is 1. The molecule has 1 N–H and O–H groups in total. The van der Waals surface area contributed by atoms with E-state index in [1.165, 1.54) is 6.42 Å². The van der Waals surface area contributed by atoms with Gasteiger partial charge in [-0.1, -0.05) is 26.8 Å². The highest BCUT2D eigenvalue weighted by atomic mass is 19.3. The monoisotopic (exact) mass is 356 g/mol. The molecule has 0 radical (unpaired) electrons. The van der Waals surface area contributed by atoms with Crippen LogP contribution < -0.4 is 10.2 Å². The minimum Gasteiger partial charge on any atom is -0.354 e. The molecule has 2 heterocycles. The fourth-order valence-corrected chi connectivity index (χ4v) is 2.94. The van der Waals surface area contributed by atoms with E-state index >= 15 is 0 Å². The first kappa shape index (κ1) is 21.8. The molecular formula is C19H34F2N4. The molecule has 144 valence electrons. The number of nitrogens with zero attached hydrogens (tertiary/aromatic N) is 3. The number of halogens is 2. The summed E-state index contributed by atoms with van der Waals surface area (Å²) in [5.41, 5.74) is 0.870. The Morgan fingerprint density at radius 2 is 1.84 bits per heavy atom. The average Bonchev–Trinajstić information content (AvgIpc) is 2.63. The summed E-state index contributed by atoms with van der Waals surface area (Å²) in [4.78, 5) is 9.20. The van der Waals surface area contributed by atoms with E-state index in [0.717, 1.165) is 44.1 Å². The van der Waals surface area contributed by atoms with Gasteiger partial charge in [0.1, 0.15) is 5.82 Å². The van der Waals surface area contributed by atoms with Crippen molar-refractivity contribution in [1.29, 1.82) is 0 Å². The van der Waals surface area contributed by atoms with Crippen LogP contribution in [0.2, 0.25) is 0 Å². The second-order valence-corrected chi connectivity index (χ2v) is 6.24. The van der Waals surface area contributed by atoms with Crippen molar-refractivity contribution >= 4 is 5.82 Å². The van der Waals surface area contributed by atoms with Crippen molar-refractivity contribution in [2.24, 2.45) is 0 Å². The fourth-order valence-electron chi connectivity index (χ4n) is 2.94. The average molecular weight is 357 g/mol. The van der Waals surface area contributed by atoms with Gasteiger partial charge < -0.3 is 10.2 Å². The zero-order valence-corrected chi connectivity index (χ0v) is 16.2. The predicted molar refractivity (Wildman–Crippen MR) is 102 cm³/mol. The van der Waals surface area contributed by atoms with E-state index < -0.39 is 5.92 Å². The maximum Gasteiger partial charge on any atom is 0.260 e. The number of aryl methyl sites for hydroxylation is 1. The first-order valence-corrected chi connectivity index (χ1v) is 9.49. The van der Waals surface area contributed by atoms with E-state index in [4.69, 9.17) is 0 Å². The van der Waals surface area contributed by atoms with Gasteiger partial charge in [0.05, 0.1) is 6.54 Å². The van der Waals surface area contributed by atoms with Crippen LogP contribution in [0, 0.1) is 0 Å². The van der Waals surface area contributed by atoms with Gasteiger partial charge >= 0.3 is 0 Å². The summed E-state index contributed by atoms with van der Waals surface area (Å²) in [6.45, 7) is 11.2. The Morgan fingerprint density at radius 1 is 1.16 bits per heavy atom. The molecule has 0 aromatic carbocycles. The molecule has 0 bridgehead atoms. The molecule has 0 atom stereocenters. The molecule has 1 aromatic heterocycles. The van der Waals surface area contributed by atoms with Crippen LogP contribution in [0.3, 0.4) is 0 Å². The Labute approximate surface area is 151 Å². The van der Waals surface area contributed by atoms with Crippen LogP contribution in [-0.4, -0.2) is 62.1 Å². The van der Waals surface area contributed by atoms with E-state index in [-0.39, 0.29) is 13.0 Å². The van der Waals surface area contributed by atoms with Gasteiger partial charge in [-0.25, -0.2) is 13.8 Å². The fraction of sp³-hybridized carbons (Fsp3) is 0.737. The number of hydrogen-bond donors (Lipinski definition) is 1. The minimum absolute atomic E-state index is 0.148. The molecule has 1 aliphatic heterocycles. The molecule has 1 aromatic rings. The number of hydrogen-bond acceptors (Lipinski definition) is 4. The lowest BCUT2D eigenvalue weighted by Crippen LogP contribution is -2.46. The summed E-state index contributed by atoms with van der Waals surface area (Å²) >= 11 is 0. The van der Waals surface area contributed by atoms with Gasteiger partial charge in [0, 0.05) is 38.8 Å². The van der Waals surface area contributed by atoms with Gasteiger partial charge in [0.15, 0.2) is 0 Å². The molecule has 4 nitrogen and oxygen atoms in total. The second kappa shape index (κ2) is 11.4. The maximum atomic E-state index is 13.5. The third-order valence-electron chi connectivity index (χ3n) is 4.26. The van der Waals surface area contributed by atoms with Crippen LogP contribution in [0.4, 0.5) is 14.6 Å². The van der Waals surface area contributed by atoms with Crippen molar-refractivity contribution in [1.82, 2.24) is 15.2 Å². The van der Waals surface area contributed by atoms with Crippen molar-refractivity contribution in [3.8, 4) is 0 Å². The zero-order valence-electron chi connectivity index (χ0n) is 16.2. The normalized spacial score (nSPS) is 15.7. The highest BCUT2D eigenvalue weighted by molar-refractivity contribution is 5.40. The molecule has 0 unspecified atom stereocenters. The standard InChI is InChI=1S/C17H28F2N4.C2H6/c1-3-8-22-9-11-23(12-10-22)16-5-4-15(13-21-16)6-7-17(18,19)14-20-2;1-2/h4-5,13,20H,3,6-12,14H2,1-2H3;1-2H3. The van der Waals surface area contributed by atoms with E-state index in [9.17, 15) is 8.78 Å². The van der Waals surface area contributed by atoms with Gasteiger partial charge in [-0.2, -0.15) is 0 Å². The Kier molecular flexibility index (Phi) is 9.90. The van der Waals surface area contributed by atoms with Crippen LogP contribution in [0.25, 0.3) is 0 Å². The Hall–Kier alpha value is -1.27. The summed E-state index contributed by atoms with van der Waals surface area (Å²) in [5.74, 6) is -1.71. The highest BCUT2D eigenvalue weighted by Crippen LogP contribution is 2.21. The van der Waals surface area contributed by atoms with Crippen LogP contribution in [0.1, 0.15) is 39.2 Å². The summed E-state index contributed by atoms with van der Waals surface area (Å²) in [7, 11) is 1.55. The van der Waals surface area contributed by atoms with Gasteiger partial charge in [-0.3, -0.25) is 4.90 Å². The lowest BCUT2D eigenvalue weighted by molar-refractivity contribution is -0.00432. The van der Waals surface area contributed by atoms with Crippen LogP contribution >= 0.6 is 0 Å². The van der Waals surface area contributed by atoms with E-state index in [1.807, 2.05) is 26.0 Å². The molecule has 25 heavy (non-hydrogen) atoms. The molecule has 0 spiro atoms. The molecule has 0 saturated carbocycles. The largest absolute Gasteiger partial charge is 0.354 e. The molecule has 0 aliphatic carbocycles. The Morgan fingerprint density at radius 3 is 2.36 bits per heavy atom. The second-order valence-electron chi connectivity index (χ2n) is 6.24. The number of anilines is 1. The topological polar surface area (TPSA) is 31.4 Å². The molecule has 1 aliphatic rings. The molecule has 2 rings (SSSR count). The summed E-state index contributed by atoms with van der Waals surface area (Å²) in [6.07, 6.45) is 3.13. The number of rotatable bonds is 8. The molecule has 1 saturated heterocycles. The SMILES string of the molecule is CC.CCCN1CCN(c2ccc(CCC(F)(F)CNC)cn2)CC1. The van der Waals surface area contributed by atoms with Gasteiger partial charge in [-0.15, -0.1) is 0 Å². The number of pyridine rings is 1. The highest BCUT2D eigenvalue weighted by Gasteiger charge is 2.27. The van der Waals surface area contributed by atoms with Crippen molar-refractivity contribution in [2.75, 3.05) is 51.2 Å². The first-order chi connectivity index (χ1) is 12.0. The Bertz CT molecular complexity index is 457. The number of piperazine rings is 1. The zero-order chi connectivity index (χ0) is 18.7. The summed E-state index contributed by atoms with van der Waals surface area (Å²) < 4.78 is 27.0. The van der Waals surface area contributed by atoms with Crippen molar-refractivity contribution in [3.63, 3.8) is 0 Å². The molecular weight excluding hydrogens is 322 g/mol. The van der Waals surface area contributed by atoms with E-state index in [0.29, 0.717) is 6.42 Å². The third-order valence-corrected chi connectivity index (χ3v) is 4.26. The minimum atomic E-state index is -2.66. The smallest absolute Gasteiger partial charge is 0.260 e. The summed E-state index contributed by atoms with van der Waals surface area (Å²) in [5, 5.41) is 2.53. The predicted octanol–water partition coefficient (Wildman–Crippen LogP) is 3.43. The van der Waals surface area contributed by atoms with Crippen molar-refractivity contribution < 1.29 is 8.78 Å². The van der Waals surface area contributed by atoms with Gasteiger partial charge in [-0.05, 0) is 38.1 Å². The van der Waals surface area contributed by atoms with Gasteiger partial charge in [0.25, 0.3) is 5.92 Å². The Balaban J connectivity index is 0.00000151.